The Hall–Kier alpha value is -3.68. The minimum absolute atomic E-state index is 0.220. The van der Waals surface area contributed by atoms with Gasteiger partial charge in [0.05, 0.1) is 10.8 Å². The lowest BCUT2D eigenvalue weighted by atomic mass is 10.1. The second-order valence-corrected chi connectivity index (χ2v) is 6.09. The molecule has 0 bridgehead atoms. The molecule has 0 fully saturated rings. The van der Waals surface area contributed by atoms with Crippen LogP contribution in [-0.2, 0) is 16.1 Å². The smallest absolute Gasteiger partial charge is 0.273 e. The molecule has 0 saturated heterocycles. The maximum atomic E-state index is 12.5. The van der Waals surface area contributed by atoms with E-state index in [1.54, 1.807) is 49.4 Å². The highest BCUT2D eigenvalue weighted by atomic mass is 16.2. The second-order valence-electron chi connectivity index (χ2n) is 6.09. The molecule has 8 heteroatoms. The number of rotatable bonds is 4. The van der Waals surface area contributed by atoms with Gasteiger partial charge in [0.1, 0.15) is 6.54 Å². The lowest BCUT2D eigenvalue weighted by Gasteiger charge is -2.13. The molecule has 0 saturated carbocycles. The number of carbonyl (C=O) groups excluding carboxylic acids is 2. The van der Waals surface area contributed by atoms with Crippen LogP contribution in [0.1, 0.15) is 12.5 Å². The molecule has 0 aliphatic rings. The molecule has 1 aromatic heterocycles. The van der Waals surface area contributed by atoms with E-state index in [-0.39, 0.29) is 23.2 Å². The first-order valence-corrected chi connectivity index (χ1v) is 8.25. The molecule has 138 valence electrons. The van der Waals surface area contributed by atoms with Gasteiger partial charge in [0, 0.05) is 18.3 Å². The molecule has 0 spiro atoms. The number of carbonyl (C=O) groups is 2. The van der Waals surface area contributed by atoms with Gasteiger partial charge in [-0.2, -0.15) is 0 Å². The summed E-state index contributed by atoms with van der Waals surface area (Å²) in [5, 5.41) is 8.32. The van der Waals surface area contributed by atoms with Crippen LogP contribution in [0.4, 0.5) is 11.4 Å². The number of hydrogen-bond donors (Lipinski definition) is 3. The van der Waals surface area contributed by atoms with Crippen LogP contribution in [0.3, 0.4) is 0 Å². The molecule has 0 aliphatic carbocycles. The number of aromatic amines is 1. The average molecular weight is 366 g/mol. The van der Waals surface area contributed by atoms with Crippen LogP contribution in [0.5, 0.6) is 0 Å². The van der Waals surface area contributed by atoms with Gasteiger partial charge in [0.25, 0.3) is 11.1 Å². The first kappa shape index (κ1) is 18.1. The van der Waals surface area contributed by atoms with E-state index in [9.17, 15) is 19.2 Å². The lowest BCUT2D eigenvalue weighted by molar-refractivity contribution is -0.117. The summed E-state index contributed by atoms with van der Waals surface area (Å²) >= 11 is 0. The predicted octanol–water partition coefficient (Wildman–Crippen LogP) is 1.60. The Morgan fingerprint density at radius 3 is 2.26 bits per heavy atom. The van der Waals surface area contributed by atoms with E-state index in [4.69, 9.17) is 0 Å². The molecule has 0 unspecified atom stereocenters. The van der Waals surface area contributed by atoms with Crippen molar-refractivity contribution in [3.05, 3.63) is 68.7 Å². The fourth-order valence-corrected chi connectivity index (χ4v) is 2.79. The van der Waals surface area contributed by atoms with Gasteiger partial charge in [-0.25, -0.2) is 4.68 Å². The molecule has 0 aliphatic heterocycles. The van der Waals surface area contributed by atoms with Gasteiger partial charge in [0.2, 0.25) is 11.8 Å². The third-order valence-electron chi connectivity index (χ3n) is 4.10. The molecule has 2 aromatic carbocycles. The Morgan fingerprint density at radius 1 is 0.963 bits per heavy atom. The van der Waals surface area contributed by atoms with Crippen molar-refractivity contribution in [2.75, 3.05) is 10.6 Å². The Bertz CT molecular complexity index is 1160. The normalized spacial score (nSPS) is 10.6. The summed E-state index contributed by atoms with van der Waals surface area (Å²) in [5.41, 5.74) is 0.866. The number of amides is 2. The standard InChI is InChI=1S/C19H18N4O4/c1-11-15(20-12(2)24)8-5-9-16(11)21-17(25)10-23-19(27)14-7-4-3-6-13(14)18(26)22-23/h3-9H,10H2,1-2H3,(H,20,24)(H,21,25)(H,22,26). The maximum Gasteiger partial charge on any atom is 0.273 e. The average Bonchev–Trinajstić information content (AvgIpc) is 2.62. The molecule has 27 heavy (non-hydrogen) atoms. The Balaban J connectivity index is 1.86. The largest absolute Gasteiger partial charge is 0.326 e. The Kier molecular flexibility index (Phi) is 4.89. The molecule has 3 rings (SSSR count). The van der Waals surface area contributed by atoms with Crippen molar-refractivity contribution in [3.8, 4) is 0 Å². The molecule has 3 N–H and O–H groups in total. The van der Waals surface area contributed by atoms with Crippen molar-refractivity contribution in [2.24, 2.45) is 0 Å². The van der Waals surface area contributed by atoms with Crippen LogP contribution >= 0.6 is 0 Å². The topological polar surface area (TPSA) is 113 Å². The quantitative estimate of drug-likeness (QED) is 0.651. The minimum Gasteiger partial charge on any atom is -0.326 e. The zero-order valence-electron chi connectivity index (χ0n) is 14.8. The van der Waals surface area contributed by atoms with Crippen LogP contribution in [0.15, 0.2) is 52.1 Å². The third-order valence-corrected chi connectivity index (χ3v) is 4.10. The first-order chi connectivity index (χ1) is 12.9. The van der Waals surface area contributed by atoms with Crippen LogP contribution < -0.4 is 21.8 Å². The summed E-state index contributed by atoms with van der Waals surface area (Å²) in [6, 6.07) is 11.5. The number of hydrogen-bond acceptors (Lipinski definition) is 4. The molecule has 1 heterocycles. The predicted molar refractivity (Wildman–Crippen MR) is 103 cm³/mol. The number of anilines is 2. The van der Waals surface area contributed by atoms with Crippen LogP contribution in [0.2, 0.25) is 0 Å². The molecular weight excluding hydrogens is 348 g/mol. The van der Waals surface area contributed by atoms with Crippen molar-refractivity contribution in [3.63, 3.8) is 0 Å². The molecule has 0 radical (unpaired) electrons. The van der Waals surface area contributed by atoms with Crippen molar-refractivity contribution in [1.29, 1.82) is 0 Å². The zero-order chi connectivity index (χ0) is 19.6. The minimum atomic E-state index is -0.480. The summed E-state index contributed by atoms with van der Waals surface area (Å²) in [6.07, 6.45) is 0. The van der Waals surface area contributed by atoms with Crippen molar-refractivity contribution >= 4 is 34.0 Å². The summed E-state index contributed by atoms with van der Waals surface area (Å²) in [7, 11) is 0. The fraction of sp³-hybridized carbons (Fsp3) is 0.158. The van der Waals surface area contributed by atoms with Crippen LogP contribution in [-0.4, -0.2) is 21.6 Å². The molecule has 8 nitrogen and oxygen atoms in total. The van der Waals surface area contributed by atoms with Gasteiger partial charge in [-0.05, 0) is 36.8 Å². The highest BCUT2D eigenvalue weighted by Gasteiger charge is 2.12. The number of aromatic nitrogens is 2. The summed E-state index contributed by atoms with van der Waals surface area (Å²) in [6.45, 7) is 2.81. The first-order valence-electron chi connectivity index (χ1n) is 8.25. The van der Waals surface area contributed by atoms with Gasteiger partial charge >= 0.3 is 0 Å². The van der Waals surface area contributed by atoms with Gasteiger partial charge in [-0.1, -0.05) is 18.2 Å². The summed E-state index contributed by atoms with van der Waals surface area (Å²) < 4.78 is 0.979. The number of nitrogens with zero attached hydrogens (tertiary/aromatic N) is 1. The van der Waals surface area contributed by atoms with Gasteiger partial charge in [-0.3, -0.25) is 24.3 Å². The maximum absolute atomic E-state index is 12.5. The van der Waals surface area contributed by atoms with Crippen molar-refractivity contribution < 1.29 is 9.59 Å². The zero-order valence-corrected chi connectivity index (χ0v) is 14.8. The third kappa shape index (κ3) is 3.79. The molecule has 3 aromatic rings. The van der Waals surface area contributed by atoms with Crippen LogP contribution in [0, 0.1) is 6.92 Å². The highest BCUT2D eigenvalue weighted by Crippen LogP contribution is 2.23. The van der Waals surface area contributed by atoms with Crippen molar-refractivity contribution in [1.82, 2.24) is 9.78 Å². The van der Waals surface area contributed by atoms with Gasteiger partial charge in [0.15, 0.2) is 0 Å². The van der Waals surface area contributed by atoms with E-state index in [1.165, 1.54) is 6.92 Å². The van der Waals surface area contributed by atoms with Gasteiger partial charge in [-0.15, -0.1) is 0 Å². The van der Waals surface area contributed by atoms with E-state index < -0.39 is 17.0 Å². The highest BCUT2D eigenvalue weighted by molar-refractivity contribution is 5.95. The summed E-state index contributed by atoms with van der Waals surface area (Å²) in [5.74, 6) is -0.701. The Labute approximate surface area is 153 Å². The number of H-pyrrole nitrogens is 1. The Morgan fingerprint density at radius 2 is 1.59 bits per heavy atom. The van der Waals surface area contributed by atoms with E-state index in [2.05, 4.69) is 15.7 Å². The second kappa shape index (κ2) is 7.28. The van der Waals surface area contributed by atoms with Crippen LogP contribution in [0.25, 0.3) is 10.8 Å². The SMILES string of the molecule is CC(=O)Nc1cccc(NC(=O)Cn2[nH]c(=O)c3ccccc3c2=O)c1C. The molecular formula is C19H18N4O4. The lowest BCUT2D eigenvalue weighted by Crippen LogP contribution is -2.34. The van der Waals surface area contributed by atoms with Crippen molar-refractivity contribution in [2.45, 2.75) is 20.4 Å². The number of fused-ring (bicyclic) bond motifs is 1. The van der Waals surface area contributed by atoms with E-state index in [1.807, 2.05) is 0 Å². The monoisotopic (exact) mass is 366 g/mol. The summed E-state index contributed by atoms with van der Waals surface area (Å²) in [4.78, 5) is 48.2. The van der Waals surface area contributed by atoms with E-state index in [0.29, 0.717) is 16.9 Å². The van der Waals surface area contributed by atoms with E-state index in [0.717, 1.165) is 4.68 Å². The molecule has 2 amide bonds. The molecule has 0 atom stereocenters. The van der Waals surface area contributed by atoms with E-state index >= 15 is 0 Å². The van der Waals surface area contributed by atoms with Gasteiger partial charge < -0.3 is 10.6 Å². The fourth-order valence-electron chi connectivity index (χ4n) is 2.79. The number of nitrogens with one attached hydrogen (secondary N) is 3. The number of benzene rings is 2.